The van der Waals surface area contributed by atoms with E-state index in [1.54, 1.807) is 26.4 Å². The molecule has 1 aliphatic rings. The molecule has 0 saturated heterocycles. The second-order valence-corrected chi connectivity index (χ2v) is 4.22. The lowest BCUT2D eigenvalue weighted by molar-refractivity contribution is -0.139. The maximum atomic E-state index is 11.0. The van der Waals surface area contributed by atoms with Crippen LogP contribution in [0.4, 0.5) is 0 Å². The number of aliphatic carboxylic acids is 1. The van der Waals surface area contributed by atoms with E-state index in [4.69, 9.17) is 20.3 Å². The summed E-state index contributed by atoms with van der Waals surface area (Å²) in [6.07, 6.45) is 0.456. The topological polar surface area (TPSA) is 81.8 Å². The number of hydrogen-bond acceptors (Lipinski definition) is 4. The second kappa shape index (κ2) is 3.92. The fraction of sp³-hybridized carbons (Fsp3) is 0.417. The van der Waals surface area contributed by atoms with Crippen LogP contribution in [0.25, 0.3) is 0 Å². The lowest BCUT2D eigenvalue weighted by atomic mass is 10.1. The summed E-state index contributed by atoms with van der Waals surface area (Å²) >= 11 is 0. The molecular formula is C12H15NO4. The van der Waals surface area contributed by atoms with Crippen LogP contribution >= 0.6 is 0 Å². The van der Waals surface area contributed by atoms with Crippen LogP contribution in [0, 0.1) is 0 Å². The molecule has 0 radical (unpaired) electrons. The minimum atomic E-state index is -1.13. The number of benzene rings is 1. The third-order valence-electron chi connectivity index (χ3n) is 3.21. The minimum Gasteiger partial charge on any atom is -0.493 e. The zero-order valence-corrected chi connectivity index (χ0v) is 9.77. The minimum absolute atomic E-state index is 0.153. The molecule has 0 unspecified atom stereocenters. The quantitative estimate of drug-likeness (QED) is 0.815. The summed E-state index contributed by atoms with van der Waals surface area (Å²) in [7, 11) is 3.10. The highest BCUT2D eigenvalue weighted by Crippen LogP contribution is 2.50. The molecule has 0 aliphatic heterocycles. The van der Waals surface area contributed by atoms with Gasteiger partial charge in [-0.3, -0.25) is 4.79 Å². The van der Waals surface area contributed by atoms with Gasteiger partial charge in [0.15, 0.2) is 11.5 Å². The predicted molar refractivity (Wildman–Crippen MR) is 61.5 cm³/mol. The smallest absolute Gasteiger partial charge is 0.324 e. The molecular weight excluding hydrogens is 222 g/mol. The monoisotopic (exact) mass is 237 g/mol. The van der Waals surface area contributed by atoms with Crippen LogP contribution in [0.3, 0.4) is 0 Å². The van der Waals surface area contributed by atoms with Crippen molar-refractivity contribution < 1.29 is 19.4 Å². The van der Waals surface area contributed by atoms with E-state index in [2.05, 4.69) is 0 Å². The van der Waals surface area contributed by atoms with E-state index < -0.39 is 11.5 Å². The molecule has 3 N–H and O–H groups in total. The van der Waals surface area contributed by atoms with E-state index in [1.807, 2.05) is 6.07 Å². The van der Waals surface area contributed by atoms with Crippen molar-refractivity contribution in [2.45, 2.75) is 17.9 Å². The van der Waals surface area contributed by atoms with Gasteiger partial charge >= 0.3 is 5.97 Å². The van der Waals surface area contributed by atoms with Gasteiger partial charge in [-0.1, -0.05) is 6.07 Å². The lowest BCUT2D eigenvalue weighted by Gasteiger charge is -2.10. The van der Waals surface area contributed by atoms with Crippen LogP contribution < -0.4 is 15.2 Å². The SMILES string of the molecule is COc1ccc([C@H]2C[C@@]2(N)C(=O)O)cc1OC. The van der Waals surface area contributed by atoms with E-state index in [1.165, 1.54) is 0 Å². The fourth-order valence-corrected chi connectivity index (χ4v) is 2.00. The van der Waals surface area contributed by atoms with E-state index in [-0.39, 0.29) is 5.92 Å². The van der Waals surface area contributed by atoms with Gasteiger partial charge in [0.1, 0.15) is 5.54 Å². The summed E-state index contributed by atoms with van der Waals surface area (Å²) < 4.78 is 10.3. The summed E-state index contributed by atoms with van der Waals surface area (Å²) in [5.41, 5.74) is 5.50. The highest BCUT2D eigenvalue weighted by atomic mass is 16.5. The normalized spacial score (nSPS) is 26.4. The number of methoxy groups -OCH3 is 2. The number of carboxylic acid groups (broad SMARTS) is 1. The van der Waals surface area contributed by atoms with Crippen LogP contribution in [-0.2, 0) is 4.79 Å². The second-order valence-electron chi connectivity index (χ2n) is 4.22. The van der Waals surface area contributed by atoms with Crippen LogP contribution in [0.5, 0.6) is 11.5 Å². The van der Waals surface area contributed by atoms with Crippen LogP contribution in [0.15, 0.2) is 18.2 Å². The van der Waals surface area contributed by atoms with Crippen molar-refractivity contribution in [2.75, 3.05) is 14.2 Å². The first-order valence-electron chi connectivity index (χ1n) is 5.27. The van der Waals surface area contributed by atoms with E-state index >= 15 is 0 Å². The van der Waals surface area contributed by atoms with Gasteiger partial charge in [-0.05, 0) is 24.1 Å². The van der Waals surface area contributed by atoms with Crippen molar-refractivity contribution in [1.29, 1.82) is 0 Å². The van der Waals surface area contributed by atoms with Crippen molar-refractivity contribution >= 4 is 5.97 Å². The summed E-state index contributed by atoms with van der Waals surface area (Å²) in [6.45, 7) is 0. The van der Waals surface area contributed by atoms with Crippen molar-refractivity contribution in [3.8, 4) is 11.5 Å². The first kappa shape index (κ1) is 11.7. The largest absolute Gasteiger partial charge is 0.493 e. The molecule has 0 heterocycles. The molecule has 1 aromatic rings. The third kappa shape index (κ3) is 1.82. The Morgan fingerprint density at radius 2 is 2.06 bits per heavy atom. The first-order valence-corrected chi connectivity index (χ1v) is 5.27. The maximum Gasteiger partial charge on any atom is 0.324 e. The predicted octanol–water partition coefficient (Wildman–Crippen LogP) is 0.973. The molecule has 92 valence electrons. The standard InChI is InChI=1S/C12H15NO4/c1-16-9-4-3-7(5-10(9)17-2)8-6-12(8,13)11(14)15/h3-5,8H,6,13H2,1-2H3,(H,14,15)/t8-,12+/m1/s1. The summed E-state index contributed by atoms with van der Waals surface area (Å²) in [5.74, 6) is 0.0941. The van der Waals surface area contributed by atoms with Crippen molar-refractivity contribution in [2.24, 2.45) is 5.73 Å². The van der Waals surface area contributed by atoms with Gasteiger partial charge in [0.05, 0.1) is 14.2 Å². The molecule has 5 nitrogen and oxygen atoms in total. The van der Waals surface area contributed by atoms with Crippen LogP contribution in [-0.4, -0.2) is 30.8 Å². The molecule has 0 aromatic heterocycles. The van der Waals surface area contributed by atoms with Gasteiger partial charge in [0.2, 0.25) is 0 Å². The summed E-state index contributed by atoms with van der Waals surface area (Å²) in [4.78, 5) is 11.0. The Morgan fingerprint density at radius 3 is 2.53 bits per heavy atom. The maximum absolute atomic E-state index is 11.0. The van der Waals surface area contributed by atoms with Crippen molar-refractivity contribution in [3.05, 3.63) is 23.8 Å². The number of ether oxygens (including phenoxy) is 2. The van der Waals surface area contributed by atoms with Gasteiger partial charge in [0.25, 0.3) is 0 Å². The summed E-state index contributed by atoms with van der Waals surface area (Å²) in [6, 6.07) is 5.36. The first-order chi connectivity index (χ1) is 8.02. The average molecular weight is 237 g/mol. The molecule has 5 heteroatoms. The number of hydrogen-bond donors (Lipinski definition) is 2. The Kier molecular flexibility index (Phi) is 2.71. The van der Waals surface area contributed by atoms with Gasteiger partial charge < -0.3 is 20.3 Å². The molecule has 0 spiro atoms. The molecule has 17 heavy (non-hydrogen) atoms. The van der Waals surface area contributed by atoms with Crippen molar-refractivity contribution in [1.82, 2.24) is 0 Å². The Morgan fingerprint density at radius 1 is 1.41 bits per heavy atom. The molecule has 1 fully saturated rings. The number of carboxylic acids is 1. The van der Waals surface area contributed by atoms with Crippen LogP contribution in [0.1, 0.15) is 17.9 Å². The zero-order chi connectivity index (χ0) is 12.6. The lowest BCUT2D eigenvalue weighted by Crippen LogP contribution is -2.34. The number of nitrogens with two attached hydrogens (primary N) is 1. The number of carbonyl (C=O) groups is 1. The van der Waals surface area contributed by atoms with Gasteiger partial charge in [-0.25, -0.2) is 0 Å². The molecule has 2 rings (SSSR count). The summed E-state index contributed by atoms with van der Waals surface area (Å²) in [5, 5.41) is 8.99. The molecule has 1 aromatic carbocycles. The Labute approximate surface area is 99.1 Å². The van der Waals surface area contributed by atoms with Gasteiger partial charge in [-0.15, -0.1) is 0 Å². The molecule has 1 aliphatic carbocycles. The van der Waals surface area contributed by atoms with E-state index in [9.17, 15) is 4.79 Å². The highest BCUT2D eigenvalue weighted by molar-refractivity contribution is 5.85. The van der Waals surface area contributed by atoms with Gasteiger partial charge in [-0.2, -0.15) is 0 Å². The highest BCUT2D eigenvalue weighted by Gasteiger charge is 2.58. The molecule has 1 saturated carbocycles. The van der Waals surface area contributed by atoms with E-state index in [0.717, 1.165) is 5.56 Å². The molecule has 2 atom stereocenters. The molecule has 0 bridgehead atoms. The molecule has 0 amide bonds. The Hall–Kier alpha value is -1.75. The Bertz CT molecular complexity index is 460. The van der Waals surface area contributed by atoms with E-state index in [0.29, 0.717) is 17.9 Å². The number of rotatable bonds is 4. The average Bonchev–Trinajstić information content (AvgIpc) is 3.02. The fourth-order valence-electron chi connectivity index (χ4n) is 2.00. The van der Waals surface area contributed by atoms with Crippen LogP contribution in [0.2, 0.25) is 0 Å². The zero-order valence-electron chi connectivity index (χ0n) is 9.77. The van der Waals surface area contributed by atoms with Crippen molar-refractivity contribution in [3.63, 3.8) is 0 Å². The third-order valence-corrected chi connectivity index (χ3v) is 3.21. The van der Waals surface area contributed by atoms with Gasteiger partial charge in [0, 0.05) is 5.92 Å². The Balaban J connectivity index is 2.28.